The van der Waals surface area contributed by atoms with Crippen LogP contribution in [0.1, 0.15) is 23.0 Å². The summed E-state index contributed by atoms with van der Waals surface area (Å²) in [6, 6.07) is 7.18. The van der Waals surface area contributed by atoms with Crippen molar-refractivity contribution in [3.8, 4) is 17.0 Å². The number of nitrogens with zero attached hydrogens (tertiary/aromatic N) is 4. The maximum Gasteiger partial charge on any atom is 0.361 e. The molecule has 1 aromatic carbocycles. The van der Waals surface area contributed by atoms with Gasteiger partial charge in [-0.3, -0.25) is 0 Å². The average Bonchev–Trinajstić information content (AvgIpc) is 3.07. The van der Waals surface area contributed by atoms with E-state index in [4.69, 9.17) is 9.47 Å². The molecule has 2 aromatic heterocycles. The van der Waals surface area contributed by atoms with Crippen LogP contribution in [0.5, 0.6) is 5.75 Å². The van der Waals surface area contributed by atoms with Crippen molar-refractivity contribution in [1.82, 2.24) is 25.0 Å². The fraction of sp³-hybridized carbons (Fsp3) is 0.235. The lowest BCUT2D eigenvalue weighted by Crippen LogP contribution is -2.12. The van der Waals surface area contributed by atoms with Crippen molar-refractivity contribution in [2.24, 2.45) is 0 Å². The summed E-state index contributed by atoms with van der Waals surface area (Å²) in [4.78, 5) is 29.6. The van der Waals surface area contributed by atoms with Crippen molar-refractivity contribution in [2.75, 3.05) is 13.7 Å². The van der Waals surface area contributed by atoms with Crippen molar-refractivity contribution in [1.29, 1.82) is 0 Å². The summed E-state index contributed by atoms with van der Waals surface area (Å²) in [5.41, 5.74) is 1.64. The lowest BCUT2D eigenvalue weighted by molar-refractivity contribution is 0.0520. The van der Waals surface area contributed by atoms with Crippen LogP contribution < -0.4 is 10.4 Å². The minimum atomic E-state index is -0.552. The Morgan fingerprint density at radius 1 is 1.27 bits per heavy atom. The van der Waals surface area contributed by atoms with Gasteiger partial charge in [-0.25, -0.2) is 19.3 Å². The molecule has 0 unspecified atom stereocenters. The van der Waals surface area contributed by atoms with Crippen molar-refractivity contribution in [2.45, 2.75) is 13.5 Å². The molecular weight excluding hydrogens is 338 g/mol. The fourth-order valence-corrected chi connectivity index (χ4v) is 2.43. The Morgan fingerprint density at radius 3 is 2.65 bits per heavy atom. The lowest BCUT2D eigenvalue weighted by Gasteiger charge is -2.09. The molecule has 0 bridgehead atoms. The number of benzene rings is 1. The molecule has 0 fully saturated rings. The number of methoxy groups -OCH3 is 1. The van der Waals surface area contributed by atoms with E-state index in [0.717, 1.165) is 5.56 Å². The Balaban J connectivity index is 2.04. The molecule has 0 aliphatic heterocycles. The summed E-state index contributed by atoms with van der Waals surface area (Å²) in [5.74, 6) is 0.138. The maximum absolute atomic E-state index is 12.2. The van der Waals surface area contributed by atoms with Crippen LogP contribution in [0.3, 0.4) is 0 Å². The summed E-state index contributed by atoms with van der Waals surface area (Å²) in [6.45, 7) is 2.23. The van der Waals surface area contributed by atoms with E-state index in [2.05, 4.69) is 20.3 Å². The molecule has 0 aliphatic rings. The van der Waals surface area contributed by atoms with Gasteiger partial charge in [-0.2, -0.15) is 0 Å². The van der Waals surface area contributed by atoms with Gasteiger partial charge in [0.1, 0.15) is 11.4 Å². The standard InChI is InChI=1S/C17H17N5O4/c1-3-26-16(23)14-15(12-4-6-13(25-2)7-5-12)22(21-20-14)10-11-8-18-17(24)19-9-11/h4-9H,3,10H2,1-2H3,(H,18,19,24). The number of carbonyl (C=O) groups is 1. The molecule has 2 heterocycles. The zero-order valence-electron chi connectivity index (χ0n) is 14.3. The van der Waals surface area contributed by atoms with Crippen LogP contribution >= 0.6 is 0 Å². The molecule has 26 heavy (non-hydrogen) atoms. The highest BCUT2D eigenvalue weighted by molar-refractivity contribution is 5.94. The maximum atomic E-state index is 12.2. The van der Waals surface area contributed by atoms with Crippen molar-refractivity contribution in [3.63, 3.8) is 0 Å². The van der Waals surface area contributed by atoms with Crippen LogP contribution in [0.4, 0.5) is 0 Å². The second-order valence-corrected chi connectivity index (χ2v) is 5.32. The van der Waals surface area contributed by atoms with Gasteiger partial charge in [0.25, 0.3) is 0 Å². The molecule has 3 aromatic rings. The number of nitrogens with one attached hydrogen (secondary N) is 1. The first-order valence-corrected chi connectivity index (χ1v) is 7.91. The van der Waals surface area contributed by atoms with Gasteiger partial charge < -0.3 is 14.5 Å². The van der Waals surface area contributed by atoms with E-state index in [9.17, 15) is 9.59 Å². The van der Waals surface area contributed by atoms with Crippen LogP contribution in [0.25, 0.3) is 11.3 Å². The summed E-state index contributed by atoms with van der Waals surface area (Å²) in [7, 11) is 1.58. The molecule has 1 N–H and O–H groups in total. The number of hydrogen-bond donors (Lipinski definition) is 1. The molecule has 9 heteroatoms. The number of aromatic nitrogens is 5. The molecule has 0 saturated carbocycles. The quantitative estimate of drug-likeness (QED) is 0.662. The van der Waals surface area contributed by atoms with Crippen LogP contribution in [-0.4, -0.2) is 44.6 Å². The Kier molecular flexibility index (Phi) is 5.07. The first kappa shape index (κ1) is 17.3. The summed E-state index contributed by atoms with van der Waals surface area (Å²) < 4.78 is 11.8. The van der Waals surface area contributed by atoms with E-state index >= 15 is 0 Å². The van der Waals surface area contributed by atoms with E-state index in [1.165, 1.54) is 6.20 Å². The Bertz CT molecular complexity index is 942. The van der Waals surface area contributed by atoms with Crippen molar-refractivity contribution >= 4 is 5.97 Å². The van der Waals surface area contributed by atoms with Crippen LogP contribution in [0.15, 0.2) is 41.5 Å². The van der Waals surface area contributed by atoms with E-state index in [1.54, 1.807) is 37.0 Å². The third kappa shape index (κ3) is 3.61. The normalized spacial score (nSPS) is 10.5. The number of rotatable bonds is 6. The predicted molar refractivity (Wildman–Crippen MR) is 91.9 cm³/mol. The molecule has 0 atom stereocenters. The van der Waals surface area contributed by atoms with E-state index in [1.807, 2.05) is 12.1 Å². The number of ether oxygens (including phenoxy) is 2. The van der Waals surface area contributed by atoms with Crippen LogP contribution in [0, 0.1) is 0 Å². The van der Waals surface area contributed by atoms with Gasteiger partial charge >= 0.3 is 11.7 Å². The first-order valence-electron chi connectivity index (χ1n) is 7.91. The minimum Gasteiger partial charge on any atom is -0.497 e. The lowest BCUT2D eigenvalue weighted by atomic mass is 10.1. The van der Waals surface area contributed by atoms with E-state index in [0.29, 0.717) is 17.0 Å². The second kappa shape index (κ2) is 7.60. The topological polar surface area (TPSA) is 112 Å². The number of H-pyrrole nitrogens is 1. The highest BCUT2D eigenvalue weighted by Gasteiger charge is 2.22. The van der Waals surface area contributed by atoms with Crippen molar-refractivity contribution < 1.29 is 14.3 Å². The largest absolute Gasteiger partial charge is 0.497 e. The molecule has 0 aliphatic carbocycles. The Morgan fingerprint density at radius 2 is 2.04 bits per heavy atom. The summed E-state index contributed by atoms with van der Waals surface area (Å²) in [6.07, 6.45) is 2.99. The Hall–Kier alpha value is -3.49. The highest BCUT2D eigenvalue weighted by atomic mass is 16.5. The van der Waals surface area contributed by atoms with Gasteiger partial charge in [0.15, 0.2) is 5.69 Å². The third-order valence-electron chi connectivity index (χ3n) is 3.63. The molecular formula is C17H17N5O4. The monoisotopic (exact) mass is 355 g/mol. The Labute approximate surface area is 148 Å². The SMILES string of the molecule is CCOC(=O)c1nnn(Cc2cnc(=O)[nH]c2)c1-c1ccc(OC)cc1. The molecule has 134 valence electrons. The smallest absolute Gasteiger partial charge is 0.361 e. The van der Waals surface area contributed by atoms with Crippen molar-refractivity contribution in [3.05, 3.63) is 58.4 Å². The number of esters is 1. The summed E-state index contributed by atoms with van der Waals surface area (Å²) >= 11 is 0. The van der Waals surface area contributed by atoms with Gasteiger partial charge in [-0.05, 0) is 31.2 Å². The van der Waals surface area contributed by atoms with Gasteiger partial charge in [0.2, 0.25) is 0 Å². The number of aromatic amines is 1. The molecule has 0 amide bonds. The number of carbonyl (C=O) groups excluding carboxylic acids is 1. The summed E-state index contributed by atoms with van der Waals surface area (Å²) in [5, 5.41) is 8.05. The molecule has 9 nitrogen and oxygen atoms in total. The van der Waals surface area contributed by atoms with Crippen LogP contribution in [-0.2, 0) is 11.3 Å². The zero-order chi connectivity index (χ0) is 18.5. The third-order valence-corrected chi connectivity index (χ3v) is 3.63. The van der Waals surface area contributed by atoms with Gasteiger partial charge in [0, 0.05) is 23.5 Å². The van der Waals surface area contributed by atoms with E-state index < -0.39 is 11.7 Å². The van der Waals surface area contributed by atoms with Gasteiger partial charge in [-0.15, -0.1) is 5.10 Å². The zero-order valence-corrected chi connectivity index (χ0v) is 14.3. The fourth-order valence-electron chi connectivity index (χ4n) is 2.43. The number of hydrogen-bond acceptors (Lipinski definition) is 7. The van der Waals surface area contributed by atoms with Gasteiger partial charge in [0.05, 0.1) is 20.3 Å². The molecule has 0 saturated heterocycles. The molecule has 3 rings (SSSR count). The predicted octanol–water partition coefficient (Wildman–Crippen LogP) is 1.26. The first-order chi connectivity index (χ1) is 12.6. The van der Waals surface area contributed by atoms with E-state index in [-0.39, 0.29) is 18.8 Å². The molecule has 0 spiro atoms. The average molecular weight is 355 g/mol. The van der Waals surface area contributed by atoms with Gasteiger partial charge in [-0.1, -0.05) is 5.21 Å². The molecule has 0 radical (unpaired) electrons. The second-order valence-electron chi connectivity index (χ2n) is 5.32. The minimum absolute atomic E-state index is 0.120. The highest BCUT2D eigenvalue weighted by Crippen LogP contribution is 2.26. The van der Waals surface area contributed by atoms with Crippen LogP contribution in [0.2, 0.25) is 0 Å².